The quantitative estimate of drug-likeness (QED) is 0.656. The predicted molar refractivity (Wildman–Crippen MR) is 89.3 cm³/mol. The van der Waals surface area contributed by atoms with Crippen LogP contribution in [0.2, 0.25) is 0 Å². The van der Waals surface area contributed by atoms with Crippen LogP contribution in [0.15, 0.2) is 48.5 Å². The zero-order chi connectivity index (χ0) is 19.4. The van der Waals surface area contributed by atoms with Gasteiger partial charge in [-0.25, -0.2) is 0 Å². The molecule has 0 N–H and O–H groups in total. The first-order valence-electron chi connectivity index (χ1n) is 7.80. The first kappa shape index (κ1) is 19.6. The summed E-state index contributed by atoms with van der Waals surface area (Å²) >= 11 is 0. The van der Waals surface area contributed by atoms with Gasteiger partial charge in [-0.3, -0.25) is 4.79 Å². The van der Waals surface area contributed by atoms with Crippen LogP contribution in [-0.2, 0) is 15.7 Å². The van der Waals surface area contributed by atoms with Gasteiger partial charge in [-0.1, -0.05) is 0 Å². The Morgan fingerprint density at radius 2 is 1.35 bits per heavy atom. The van der Waals surface area contributed by atoms with Crippen molar-refractivity contribution in [3.05, 3.63) is 54.1 Å². The molecule has 0 bridgehead atoms. The second kappa shape index (κ2) is 7.68. The third-order valence-electron chi connectivity index (χ3n) is 3.43. The number of halogens is 3. The third-order valence-corrected chi connectivity index (χ3v) is 3.43. The zero-order valence-corrected chi connectivity index (χ0v) is 14.6. The van der Waals surface area contributed by atoms with Crippen LogP contribution in [-0.4, -0.2) is 18.7 Å². The molecule has 0 spiro atoms. The molecule has 2 aromatic rings. The summed E-state index contributed by atoms with van der Waals surface area (Å²) in [5.41, 5.74) is -1.48. The summed E-state index contributed by atoms with van der Waals surface area (Å²) in [6, 6.07) is 11.0. The average Bonchev–Trinajstić information content (AvgIpc) is 2.55. The van der Waals surface area contributed by atoms with Gasteiger partial charge in [0.2, 0.25) is 0 Å². The minimum Gasteiger partial charge on any atom is -0.487 e. The van der Waals surface area contributed by atoms with Gasteiger partial charge in [0.15, 0.2) is 0 Å². The van der Waals surface area contributed by atoms with Crippen molar-refractivity contribution >= 4 is 5.97 Å². The highest BCUT2D eigenvalue weighted by molar-refractivity contribution is 5.70. The number of hydrogen-bond acceptors (Lipinski definition) is 4. The van der Waals surface area contributed by atoms with Gasteiger partial charge in [-0.2, -0.15) is 13.2 Å². The Morgan fingerprint density at radius 3 is 1.81 bits per heavy atom. The zero-order valence-electron chi connectivity index (χ0n) is 14.6. The maximum absolute atomic E-state index is 12.5. The molecule has 0 saturated heterocycles. The topological polar surface area (TPSA) is 44.8 Å². The number of ether oxygens (including phenoxy) is 3. The number of hydrogen-bond donors (Lipinski definition) is 0. The van der Waals surface area contributed by atoms with Crippen molar-refractivity contribution < 1.29 is 32.2 Å². The standard InChI is InChI=1S/C19H19F3O4/c1-18(2,12-17(23)24-3)26-16-10-8-15(9-11-16)25-14-6-4-13(5-7-14)19(20,21)22/h4-11H,12H2,1-3H3. The van der Waals surface area contributed by atoms with E-state index in [1.807, 2.05) is 0 Å². The average molecular weight is 368 g/mol. The summed E-state index contributed by atoms with van der Waals surface area (Å²) in [6.45, 7) is 3.52. The molecule has 0 atom stereocenters. The summed E-state index contributed by atoms with van der Waals surface area (Å²) in [6.07, 6.45) is -4.29. The molecule has 4 nitrogen and oxygen atoms in total. The van der Waals surface area contributed by atoms with E-state index in [1.54, 1.807) is 38.1 Å². The fraction of sp³-hybridized carbons (Fsp3) is 0.316. The molecule has 0 radical (unpaired) electrons. The molecule has 0 amide bonds. The van der Waals surface area contributed by atoms with E-state index < -0.39 is 17.3 Å². The maximum atomic E-state index is 12.5. The predicted octanol–water partition coefficient (Wildman–Crippen LogP) is 5.22. The monoisotopic (exact) mass is 368 g/mol. The van der Waals surface area contributed by atoms with Crippen molar-refractivity contribution in [3.8, 4) is 17.2 Å². The second-order valence-corrected chi connectivity index (χ2v) is 6.21. The van der Waals surface area contributed by atoms with Crippen molar-refractivity contribution in [1.82, 2.24) is 0 Å². The number of esters is 1. The lowest BCUT2D eigenvalue weighted by Crippen LogP contribution is -2.31. The van der Waals surface area contributed by atoms with Gasteiger partial charge >= 0.3 is 12.1 Å². The van der Waals surface area contributed by atoms with Gasteiger partial charge in [-0.05, 0) is 62.4 Å². The van der Waals surface area contributed by atoms with Crippen LogP contribution in [0.5, 0.6) is 17.2 Å². The second-order valence-electron chi connectivity index (χ2n) is 6.21. The molecule has 26 heavy (non-hydrogen) atoms. The summed E-state index contributed by atoms with van der Waals surface area (Å²) < 4.78 is 53.5. The first-order valence-corrected chi connectivity index (χ1v) is 7.80. The van der Waals surface area contributed by atoms with E-state index in [0.717, 1.165) is 12.1 Å². The maximum Gasteiger partial charge on any atom is 0.416 e. The highest BCUT2D eigenvalue weighted by atomic mass is 19.4. The number of alkyl halides is 3. The van der Waals surface area contributed by atoms with Gasteiger partial charge in [0.1, 0.15) is 22.8 Å². The first-order chi connectivity index (χ1) is 12.1. The minimum atomic E-state index is -4.38. The normalized spacial score (nSPS) is 11.8. The summed E-state index contributed by atoms with van der Waals surface area (Å²) in [5.74, 6) is 0.886. The molecule has 0 aliphatic heterocycles. The molecule has 140 valence electrons. The van der Waals surface area contributed by atoms with Crippen molar-refractivity contribution in [2.75, 3.05) is 7.11 Å². The summed E-state index contributed by atoms with van der Waals surface area (Å²) in [7, 11) is 1.31. The molecule has 0 unspecified atom stereocenters. The van der Waals surface area contributed by atoms with Crippen LogP contribution in [0.1, 0.15) is 25.8 Å². The van der Waals surface area contributed by atoms with Gasteiger partial charge in [0.05, 0.1) is 19.1 Å². The van der Waals surface area contributed by atoms with E-state index in [1.165, 1.54) is 19.2 Å². The smallest absolute Gasteiger partial charge is 0.416 e. The molecule has 0 fully saturated rings. The molecule has 0 aliphatic carbocycles. The Morgan fingerprint density at radius 1 is 0.885 bits per heavy atom. The molecule has 0 aliphatic rings. The molecular weight excluding hydrogens is 349 g/mol. The van der Waals surface area contributed by atoms with Crippen LogP contribution in [0.25, 0.3) is 0 Å². The summed E-state index contributed by atoms with van der Waals surface area (Å²) in [4.78, 5) is 11.4. The Labute approximate surface area is 149 Å². The largest absolute Gasteiger partial charge is 0.487 e. The van der Waals surface area contributed by atoms with Crippen molar-refractivity contribution in [2.24, 2.45) is 0 Å². The van der Waals surface area contributed by atoms with Gasteiger partial charge in [0.25, 0.3) is 0 Å². The van der Waals surface area contributed by atoms with Crippen molar-refractivity contribution in [3.63, 3.8) is 0 Å². The Bertz CT molecular complexity index is 735. The number of benzene rings is 2. The molecule has 7 heteroatoms. The number of carbonyl (C=O) groups is 1. The van der Waals surface area contributed by atoms with E-state index >= 15 is 0 Å². The minimum absolute atomic E-state index is 0.0906. The molecule has 0 heterocycles. The van der Waals surface area contributed by atoms with Crippen LogP contribution in [0.3, 0.4) is 0 Å². The lowest BCUT2D eigenvalue weighted by Gasteiger charge is -2.25. The number of methoxy groups -OCH3 is 1. The van der Waals surface area contributed by atoms with E-state index in [0.29, 0.717) is 11.5 Å². The highest BCUT2D eigenvalue weighted by Gasteiger charge is 2.30. The molecule has 2 aromatic carbocycles. The lowest BCUT2D eigenvalue weighted by molar-refractivity contribution is -0.144. The van der Waals surface area contributed by atoms with E-state index in [-0.39, 0.29) is 18.1 Å². The van der Waals surface area contributed by atoms with Crippen LogP contribution in [0.4, 0.5) is 13.2 Å². The number of carbonyl (C=O) groups excluding carboxylic acids is 1. The van der Waals surface area contributed by atoms with Gasteiger partial charge < -0.3 is 14.2 Å². The van der Waals surface area contributed by atoms with E-state index in [2.05, 4.69) is 4.74 Å². The molecule has 2 rings (SSSR count). The lowest BCUT2D eigenvalue weighted by atomic mass is 10.1. The third kappa shape index (κ3) is 5.68. The molecule has 0 aromatic heterocycles. The Hall–Kier alpha value is -2.70. The van der Waals surface area contributed by atoms with Crippen LogP contribution < -0.4 is 9.47 Å². The Balaban J connectivity index is 2.00. The SMILES string of the molecule is COC(=O)CC(C)(C)Oc1ccc(Oc2ccc(C(F)(F)F)cc2)cc1. The summed E-state index contributed by atoms with van der Waals surface area (Å²) in [5, 5.41) is 0. The molecule has 0 saturated carbocycles. The van der Waals surface area contributed by atoms with Crippen LogP contribution >= 0.6 is 0 Å². The van der Waals surface area contributed by atoms with Crippen molar-refractivity contribution in [2.45, 2.75) is 32.0 Å². The van der Waals surface area contributed by atoms with Crippen molar-refractivity contribution in [1.29, 1.82) is 0 Å². The fourth-order valence-electron chi connectivity index (χ4n) is 2.20. The fourth-order valence-corrected chi connectivity index (χ4v) is 2.20. The van der Waals surface area contributed by atoms with Gasteiger partial charge in [0, 0.05) is 0 Å². The van der Waals surface area contributed by atoms with E-state index in [4.69, 9.17) is 9.47 Å². The highest BCUT2D eigenvalue weighted by Crippen LogP contribution is 2.32. The number of rotatable bonds is 6. The Kier molecular flexibility index (Phi) is 5.79. The van der Waals surface area contributed by atoms with E-state index in [9.17, 15) is 18.0 Å². The molecular formula is C19H19F3O4. The van der Waals surface area contributed by atoms with Crippen LogP contribution in [0, 0.1) is 0 Å². The van der Waals surface area contributed by atoms with Gasteiger partial charge in [-0.15, -0.1) is 0 Å².